The summed E-state index contributed by atoms with van der Waals surface area (Å²) in [6, 6.07) is 0. The Morgan fingerprint density at radius 2 is 1.05 bits per heavy atom. The quantitative estimate of drug-likeness (QED) is 0.573. The molecule has 0 nitrogen and oxygen atoms in total. The van der Waals surface area contributed by atoms with Gasteiger partial charge in [-0.2, -0.15) is 0 Å². The molecule has 0 spiro atoms. The molecule has 2 fully saturated rings. The first-order valence-corrected chi connectivity index (χ1v) is 8.72. The fourth-order valence-corrected chi connectivity index (χ4v) is 4.66. The molecule has 4 aliphatic rings. The molecular weight excluding hydrogens is 240 g/mol. The Balaban J connectivity index is 1.44. The molecule has 0 aliphatic heterocycles. The molecule has 4 rings (SSSR count). The second kappa shape index (κ2) is 5.39. The molecule has 0 aromatic carbocycles. The van der Waals surface area contributed by atoms with Crippen molar-refractivity contribution in [1.29, 1.82) is 0 Å². The molecule has 0 amide bonds. The predicted octanol–water partition coefficient (Wildman–Crippen LogP) is 6.17. The molecule has 0 heteroatoms. The minimum absolute atomic E-state index is 1.27. The van der Waals surface area contributed by atoms with Crippen molar-refractivity contribution in [3.8, 4) is 0 Å². The highest BCUT2D eigenvalue weighted by molar-refractivity contribution is 5.46. The minimum Gasteiger partial charge on any atom is -0.0770 e. The molecule has 0 aromatic heterocycles. The van der Waals surface area contributed by atoms with E-state index in [9.17, 15) is 0 Å². The third-order valence-electron chi connectivity index (χ3n) is 5.79. The first kappa shape index (κ1) is 12.7. The third-order valence-corrected chi connectivity index (χ3v) is 5.79. The van der Waals surface area contributed by atoms with E-state index in [0.717, 1.165) is 0 Å². The highest BCUT2D eigenvalue weighted by Crippen LogP contribution is 2.42. The van der Waals surface area contributed by atoms with Gasteiger partial charge in [0.2, 0.25) is 0 Å². The van der Waals surface area contributed by atoms with Crippen LogP contribution in [0.3, 0.4) is 0 Å². The highest BCUT2D eigenvalue weighted by Gasteiger charge is 2.23. The van der Waals surface area contributed by atoms with Crippen molar-refractivity contribution in [3.05, 3.63) is 45.6 Å². The zero-order chi connectivity index (χ0) is 13.4. The van der Waals surface area contributed by atoms with Gasteiger partial charge in [0.1, 0.15) is 0 Å². The van der Waals surface area contributed by atoms with Crippen molar-refractivity contribution >= 4 is 0 Å². The summed E-state index contributed by atoms with van der Waals surface area (Å²) in [5.74, 6) is 0. The Morgan fingerprint density at radius 1 is 0.600 bits per heavy atom. The monoisotopic (exact) mass is 266 g/mol. The largest absolute Gasteiger partial charge is 0.0770 e. The molecule has 0 saturated heterocycles. The molecule has 0 N–H and O–H groups in total. The van der Waals surface area contributed by atoms with Crippen molar-refractivity contribution in [2.45, 2.75) is 77.0 Å². The van der Waals surface area contributed by atoms with Gasteiger partial charge in [0.15, 0.2) is 0 Å². The number of allylic oxidation sites excluding steroid dienone is 8. The van der Waals surface area contributed by atoms with E-state index in [1.54, 1.807) is 33.4 Å². The standard InChI is InChI=1S/C20H26/c1-3-7-19-15(5-1)9-11-17(19)13-14-18-12-10-16-6-2-4-8-20(16)18/h9-10H,1-8,11-14H2. The van der Waals surface area contributed by atoms with Gasteiger partial charge in [-0.3, -0.25) is 0 Å². The van der Waals surface area contributed by atoms with E-state index < -0.39 is 0 Å². The van der Waals surface area contributed by atoms with Crippen LogP contribution in [-0.2, 0) is 0 Å². The molecule has 106 valence electrons. The van der Waals surface area contributed by atoms with Crippen LogP contribution >= 0.6 is 0 Å². The topological polar surface area (TPSA) is 0 Å². The van der Waals surface area contributed by atoms with E-state index in [1.165, 1.54) is 77.0 Å². The zero-order valence-corrected chi connectivity index (χ0v) is 12.6. The average molecular weight is 266 g/mol. The SMILES string of the molecule is C1=C2CCCCC2=C(CCC2=C3CCCCC3=CC2)C1. The second-order valence-corrected chi connectivity index (χ2v) is 6.95. The van der Waals surface area contributed by atoms with Gasteiger partial charge in [0.05, 0.1) is 0 Å². The summed E-state index contributed by atoms with van der Waals surface area (Å²) in [5.41, 5.74) is 10.6. The van der Waals surface area contributed by atoms with Gasteiger partial charge in [-0.05, 0) is 99.3 Å². The lowest BCUT2D eigenvalue weighted by molar-refractivity contribution is 0.671. The Hall–Kier alpha value is -1.04. The van der Waals surface area contributed by atoms with Gasteiger partial charge < -0.3 is 0 Å². The van der Waals surface area contributed by atoms with Gasteiger partial charge in [-0.15, -0.1) is 0 Å². The fourth-order valence-electron chi connectivity index (χ4n) is 4.66. The van der Waals surface area contributed by atoms with Crippen LogP contribution in [0.4, 0.5) is 0 Å². The molecule has 0 unspecified atom stereocenters. The smallest absolute Gasteiger partial charge is 0.0127 e. The number of hydrogen-bond donors (Lipinski definition) is 0. The van der Waals surface area contributed by atoms with Crippen LogP contribution in [0.2, 0.25) is 0 Å². The van der Waals surface area contributed by atoms with E-state index in [2.05, 4.69) is 12.2 Å². The molecule has 4 aliphatic carbocycles. The molecule has 20 heavy (non-hydrogen) atoms. The van der Waals surface area contributed by atoms with Crippen LogP contribution in [0.25, 0.3) is 0 Å². The van der Waals surface area contributed by atoms with Crippen LogP contribution in [0, 0.1) is 0 Å². The Bertz CT molecular complexity index is 486. The minimum atomic E-state index is 1.27. The summed E-state index contributed by atoms with van der Waals surface area (Å²) >= 11 is 0. The van der Waals surface area contributed by atoms with E-state index in [-0.39, 0.29) is 0 Å². The Labute approximate surface area is 123 Å². The van der Waals surface area contributed by atoms with Crippen molar-refractivity contribution < 1.29 is 0 Å². The molecule has 0 aromatic rings. The Morgan fingerprint density at radius 3 is 1.55 bits per heavy atom. The lowest BCUT2D eigenvalue weighted by atomic mass is 9.87. The van der Waals surface area contributed by atoms with Gasteiger partial charge in [0.25, 0.3) is 0 Å². The fraction of sp³-hybridized carbons (Fsp3) is 0.600. The first-order valence-electron chi connectivity index (χ1n) is 8.72. The summed E-state index contributed by atoms with van der Waals surface area (Å²) in [5, 5.41) is 0. The average Bonchev–Trinajstić information content (AvgIpc) is 3.09. The maximum Gasteiger partial charge on any atom is -0.0127 e. The van der Waals surface area contributed by atoms with Crippen LogP contribution in [0.1, 0.15) is 77.0 Å². The molecule has 0 heterocycles. The van der Waals surface area contributed by atoms with Crippen LogP contribution < -0.4 is 0 Å². The van der Waals surface area contributed by atoms with E-state index >= 15 is 0 Å². The van der Waals surface area contributed by atoms with Crippen molar-refractivity contribution in [2.24, 2.45) is 0 Å². The zero-order valence-electron chi connectivity index (χ0n) is 12.6. The molecular formula is C20H26. The van der Waals surface area contributed by atoms with E-state index in [1.807, 2.05) is 0 Å². The summed E-state index contributed by atoms with van der Waals surface area (Å²) in [7, 11) is 0. The first-order chi connectivity index (χ1) is 9.92. The van der Waals surface area contributed by atoms with Gasteiger partial charge in [-0.1, -0.05) is 23.3 Å². The van der Waals surface area contributed by atoms with Gasteiger partial charge in [0, 0.05) is 0 Å². The summed E-state index contributed by atoms with van der Waals surface area (Å²) in [6.07, 6.45) is 21.4. The molecule has 0 atom stereocenters. The third kappa shape index (κ3) is 2.24. The summed E-state index contributed by atoms with van der Waals surface area (Å²) < 4.78 is 0. The van der Waals surface area contributed by atoms with Crippen LogP contribution in [-0.4, -0.2) is 0 Å². The second-order valence-electron chi connectivity index (χ2n) is 6.95. The molecule has 0 radical (unpaired) electrons. The number of rotatable bonds is 3. The molecule has 0 bridgehead atoms. The van der Waals surface area contributed by atoms with Crippen molar-refractivity contribution in [3.63, 3.8) is 0 Å². The van der Waals surface area contributed by atoms with Crippen molar-refractivity contribution in [2.75, 3.05) is 0 Å². The molecule has 2 saturated carbocycles. The van der Waals surface area contributed by atoms with Gasteiger partial charge >= 0.3 is 0 Å². The van der Waals surface area contributed by atoms with Crippen molar-refractivity contribution in [1.82, 2.24) is 0 Å². The van der Waals surface area contributed by atoms with Crippen LogP contribution in [0.5, 0.6) is 0 Å². The van der Waals surface area contributed by atoms with Crippen LogP contribution in [0.15, 0.2) is 45.6 Å². The predicted molar refractivity (Wildman–Crippen MR) is 85.6 cm³/mol. The Kier molecular flexibility index (Phi) is 3.42. The number of hydrogen-bond acceptors (Lipinski definition) is 0. The van der Waals surface area contributed by atoms with E-state index in [0.29, 0.717) is 0 Å². The summed E-state index contributed by atoms with van der Waals surface area (Å²) in [4.78, 5) is 0. The number of fused-ring (bicyclic) bond motifs is 2. The van der Waals surface area contributed by atoms with Gasteiger partial charge in [-0.25, -0.2) is 0 Å². The normalized spacial score (nSPS) is 25.6. The maximum atomic E-state index is 2.53. The maximum absolute atomic E-state index is 2.53. The lowest BCUT2D eigenvalue weighted by Gasteiger charge is -2.19. The highest BCUT2D eigenvalue weighted by atomic mass is 14.3. The van der Waals surface area contributed by atoms with E-state index in [4.69, 9.17) is 0 Å². The lowest BCUT2D eigenvalue weighted by Crippen LogP contribution is -2.00. The summed E-state index contributed by atoms with van der Waals surface area (Å²) in [6.45, 7) is 0.